The molecule has 0 aliphatic carbocycles. The number of thiazole rings is 1. The number of nitrogens with one attached hydrogen (secondary N) is 2. The highest BCUT2D eigenvalue weighted by molar-refractivity contribution is 7.13. The Kier molecular flexibility index (Phi) is 3.51. The van der Waals surface area contributed by atoms with E-state index in [-0.39, 0.29) is 6.54 Å². The summed E-state index contributed by atoms with van der Waals surface area (Å²) in [5.41, 5.74) is 0. The number of anilines is 1. The van der Waals surface area contributed by atoms with Crippen LogP contribution in [-0.2, 0) is 16.1 Å². The van der Waals surface area contributed by atoms with Crippen LogP contribution in [0.5, 0.6) is 0 Å². The Balaban J connectivity index is 1.81. The molecule has 2 N–H and O–H groups in total. The number of nitrogens with zero attached hydrogens (tertiary/aromatic N) is 1. The lowest BCUT2D eigenvalue weighted by Crippen LogP contribution is -2.34. The molecule has 2 rings (SSSR count). The number of carbonyl (C=O) groups excluding carboxylic acids is 2. The summed E-state index contributed by atoms with van der Waals surface area (Å²) in [5.74, 6) is -0.886. The Morgan fingerprint density at radius 3 is 2.94 bits per heavy atom. The molecule has 2 heterocycles. The van der Waals surface area contributed by atoms with Crippen molar-refractivity contribution in [1.29, 1.82) is 0 Å². The van der Waals surface area contributed by atoms with Crippen LogP contribution in [-0.4, -0.2) is 16.8 Å². The van der Waals surface area contributed by atoms with E-state index in [0.29, 0.717) is 10.9 Å². The van der Waals surface area contributed by atoms with Gasteiger partial charge < -0.3 is 9.73 Å². The zero-order valence-electron chi connectivity index (χ0n) is 8.67. The van der Waals surface area contributed by atoms with Crippen LogP contribution in [0.25, 0.3) is 0 Å². The molecule has 0 fully saturated rings. The van der Waals surface area contributed by atoms with Crippen molar-refractivity contribution in [2.24, 2.45) is 0 Å². The quantitative estimate of drug-likeness (QED) is 0.797. The van der Waals surface area contributed by atoms with Crippen molar-refractivity contribution >= 4 is 28.3 Å². The SMILES string of the molecule is O=C(NCc1ccco1)C(=O)Nc1nccs1. The van der Waals surface area contributed by atoms with Gasteiger partial charge in [0, 0.05) is 11.6 Å². The largest absolute Gasteiger partial charge is 0.467 e. The van der Waals surface area contributed by atoms with E-state index in [1.807, 2.05) is 0 Å². The molecule has 0 saturated heterocycles. The normalized spacial score (nSPS) is 9.88. The molecule has 7 heteroatoms. The van der Waals surface area contributed by atoms with E-state index < -0.39 is 11.8 Å². The van der Waals surface area contributed by atoms with Crippen LogP contribution in [0.4, 0.5) is 5.13 Å². The minimum atomic E-state index is -0.744. The van der Waals surface area contributed by atoms with Crippen LogP contribution < -0.4 is 10.6 Å². The predicted octanol–water partition coefficient (Wildman–Crippen LogP) is 0.991. The van der Waals surface area contributed by atoms with E-state index >= 15 is 0 Å². The summed E-state index contributed by atoms with van der Waals surface area (Å²) in [5, 5.41) is 6.90. The molecular formula is C10H9N3O3S. The summed E-state index contributed by atoms with van der Waals surface area (Å²) >= 11 is 1.24. The van der Waals surface area contributed by atoms with Gasteiger partial charge in [-0.15, -0.1) is 11.3 Å². The van der Waals surface area contributed by atoms with Gasteiger partial charge in [0.1, 0.15) is 5.76 Å². The monoisotopic (exact) mass is 251 g/mol. The Morgan fingerprint density at radius 2 is 2.29 bits per heavy atom. The Bertz CT molecular complexity index is 493. The average Bonchev–Trinajstić information content (AvgIpc) is 2.98. The summed E-state index contributed by atoms with van der Waals surface area (Å²) in [4.78, 5) is 26.6. The fourth-order valence-corrected chi connectivity index (χ4v) is 1.62. The van der Waals surface area contributed by atoms with Crippen LogP contribution in [0.3, 0.4) is 0 Å². The molecule has 17 heavy (non-hydrogen) atoms. The maximum absolute atomic E-state index is 11.4. The summed E-state index contributed by atoms with van der Waals surface area (Å²) in [7, 11) is 0. The lowest BCUT2D eigenvalue weighted by atomic mass is 10.4. The zero-order chi connectivity index (χ0) is 12.1. The highest BCUT2D eigenvalue weighted by Crippen LogP contribution is 2.09. The minimum Gasteiger partial charge on any atom is -0.467 e. The van der Waals surface area contributed by atoms with Gasteiger partial charge in [-0.05, 0) is 12.1 Å². The van der Waals surface area contributed by atoms with Crippen molar-refractivity contribution in [3.05, 3.63) is 35.7 Å². The minimum absolute atomic E-state index is 0.178. The number of carbonyl (C=O) groups is 2. The Hall–Kier alpha value is -2.15. The number of amides is 2. The first-order chi connectivity index (χ1) is 8.25. The molecule has 0 unspecified atom stereocenters. The van der Waals surface area contributed by atoms with Gasteiger partial charge in [-0.3, -0.25) is 14.9 Å². The molecule has 0 radical (unpaired) electrons. The molecule has 2 aromatic rings. The van der Waals surface area contributed by atoms with Gasteiger partial charge in [-0.25, -0.2) is 4.98 Å². The molecular weight excluding hydrogens is 242 g/mol. The first-order valence-electron chi connectivity index (χ1n) is 4.77. The predicted molar refractivity (Wildman–Crippen MR) is 61.3 cm³/mol. The summed E-state index contributed by atoms with van der Waals surface area (Å²) in [6, 6.07) is 3.41. The summed E-state index contributed by atoms with van der Waals surface area (Å²) in [6.45, 7) is 0.178. The second kappa shape index (κ2) is 5.26. The lowest BCUT2D eigenvalue weighted by molar-refractivity contribution is -0.136. The summed E-state index contributed by atoms with van der Waals surface area (Å²) in [6.07, 6.45) is 3.04. The molecule has 0 atom stereocenters. The number of rotatable bonds is 3. The van der Waals surface area contributed by atoms with Crippen molar-refractivity contribution in [2.45, 2.75) is 6.54 Å². The van der Waals surface area contributed by atoms with E-state index in [4.69, 9.17) is 4.42 Å². The van der Waals surface area contributed by atoms with Gasteiger partial charge in [0.2, 0.25) is 0 Å². The third-order valence-electron chi connectivity index (χ3n) is 1.86. The van der Waals surface area contributed by atoms with Crippen LogP contribution in [0.1, 0.15) is 5.76 Å². The highest BCUT2D eigenvalue weighted by atomic mass is 32.1. The molecule has 0 aliphatic heterocycles. The molecule has 2 aromatic heterocycles. The molecule has 0 spiro atoms. The van der Waals surface area contributed by atoms with Crippen molar-refractivity contribution in [3.63, 3.8) is 0 Å². The highest BCUT2D eigenvalue weighted by Gasteiger charge is 2.14. The molecule has 0 aromatic carbocycles. The van der Waals surface area contributed by atoms with E-state index in [9.17, 15) is 9.59 Å². The molecule has 0 aliphatic rings. The maximum atomic E-state index is 11.4. The smallest absolute Gasteiger partial charge is 0.315 e. The van der Waals surface area contributed by atoms with Crippen molar-refractivity contribution in [2.75, 3.05) is 5.32 Å². The van der Waals surface area contributed by atoms with E-state index in [1.54, 1.807) is 23.7 Å². The van der Waals surface area contributed by atoms with Gasteiger partial charge in [-0.2, -0.15) is 0 Å². The van der Waals surface area contributed by atoms with E-state index in [1.165, 1.54) is 17.6 Å². The van der Waals surface area contributed by atoms with Crippen molar-refractivity contribution in [3.8, 4) is 0 Å². The van der Waals surface area contributed by atoms with Gasteiger partial charge in [0.25, 0.3) is 0 Å². The first-order valence-corrected chi connectivity index (χ1v) is 5.65. The zero-order valence-corrected chi connectivity index (χ0v) is 9.49. The van der Waals surface area contributed by atoms with Crippen molar-refractivity contribution in [1.82, 2.24) is 10.3 Å². The molecule has 2 amide bonds. The molecule has 88 valence electrons. The van der Waals surface area contributed by atoms with E-state index in [0.717, 1.165) is 0 Å². The van der Waals surface area contributed by atoms with E-state index in [2.05, 4.69) is 15.6 Å². The van der Waals surface area contributed by atoms with Crippen molar-refractivity contribution < 1.29 is 14.0 Å². The Labute approximate surface area is 101 Å². The first kappa shape index (κ1) is 11.3. The van der Waals surface area contributed by atoms with Crippen LogP contribution in [0.15, 0.2) is 34.4 Å². The third-order valence-corrected chi connectivity index (χ3v) is 2.55. The fourth-order valence-electron chi connectivity index (χ4n) is 1.10. The standard InChI is InChI=1S/C10H9N3O3S/c14-8(12-6-7-2-1-4-16-7)9(15)13-10-11-3-5-17-10/h1-5H,6H2,(H,12,14)(H,11,13,15). The summed E-state index contributed by atoms with van der Waals surface area (Å²) < 4.78 is 5.01. The molecule has 6 nitrogen and oxygen atoms in total. The lowest BCUT2D eigenvalue weighted by Gasteiger charge is -2.02. The fraction of sp³-hybridized carbons (Fsp3) is 0.100. The van der Waals surface area contributed by atoms with Crippen LogP contribution in [0, 0.1) is 0 Å². The van der Waals surface area contributed by atoms with Gasteiger partial charge in [-0.1, -0.05) is 0 Å². The van der Waals surface area contributed by atoms with Gasteiger partial charge in [0.15, 0.2) is 5.13 Å². The maximum Gasteiger partial charge on any atom is 0.315 e. The third kappa shape index (κ3) is 3.15. The average molecular weight is 251 g/mol. The number of hydrogen-bond acceptors (Lipinski definition) is 5. The van der Waals surface area contributed by atoms with Gasteiger partial charge >= 0.3 is 11.8 Å². The number of hydrogen-bond donors (Lipinski definition) is 2. The number of aromatic nitrogens is 1. The van der Waals surface area contributed by atoms with Crippen LogP contribution in [0.2, 0.25) is 0 Å². The topological polar surface area (TPSA) is 84.2 Å². The molecule has 0 bridgehead atoms. The van der Waals surface area contributed by atoms with Gasteiger partial charge in [0.05, 0.1) is 12.8 Å². The number of furan rings is 1. The second-order valence-electron chi connectivity index (χ2n) is 3.05. The van der Waals surface area contributed by atoms with Crippen LogP contribution >= 0.6 is 11.3 Å². The Morgan fingerprint density at radius 1 is 1.41 bits per heavy atom. The molecule has 0 saturated carbocycles. The second-order valence-corrected chi connectivity index (χ2v) is 3.95.